The minimum Gasteiger partial charge on any atom is -0.494 e. The zero-order valence-corrected chi connectivity index (χ0v) is 12.4. The topological polar surface area (TPSA) is 35.2 Å². The molecule has 1 aromatic carbocycles. The van der Waals surface area contributed by atoms with Crippen molar-refractivity contribution in [2.24, 2.45) is 17.1 Å². The second-order valence-corrected chi connectivity index (χ2v) is 6.11. The fourth-order valence-electron chi connectivity index (χ4n) is 1.85. The lowest BCUT2D eigenvalue weighted by Crippen LogP contribution is -2.23. The van der Waals surface area contributed by atoms with Gasteiger partial charge in [-0.1, -0.05) is 39.8 Å². The van der Waals surface area contributed by atoms with Gasteiger partial charge in [0.25, 0.3) is 0 Å². The molecule has 0 aliphatic carbocycles. The van der Waals surface area contributed by atoms with E-state index in [1.165, 1.54) is 5.56 Å². The summed E-state index contributed by atoms with van der Waals surface area (Å²) < 4.78 is 5.44. The Morgan fingerprint density at radius 1 is 1.17 bits per heavy atom. The number of benzene rings is 1. The van der Waals surface area contributed by atoms with E-state index in [2.05, 4.69) is 39.8 Å². The van der Waals surface area contributed by atoms with Gasteiger partial charge in [0.1, 0.15) is 5.75 Å². The van der Waals surface area contributed by atoms with Crippen molar-refractivity contribution in [2.75, 3.05) is 6.61 Å². The summed E-state index contributed by atoms with van der Waals surface area (Å²) in [5.74, 6) is 1.51. The van der Waals surface area contributed by atoms with Gasteiger partial charge in [0.2, 0.25) is 0 Å². The van der Waals surface area contributed by atoms with Crippen molar-refractivity contribution in [1.29, 1.82) is 0 Å². The fourth-order valence-corrected chi connectivity index (χ4v) is 1.85. The van der Waals surface area contributed by atoms with Crippen LogP contribution < -0.4 is 10.5 Å². The third-order valence-corrected chi connectivity index (χ3v) is 3.71. The molecule has 2 N–H and O–H groups in total. The van der Waals surface area contributed by atoms with Gasteiger partial charge in [-0.15, -0.1) is 0 Å². The minimum absolute atomic E-state index is 0.106. The Kier molecular flexibility index (Phi) is 5.21. The van der Waals surface area contributed by atoms with Gasteiger partial charge in [-0.25, -0.2) is 0 Å². The SMILES string of the molecule is CCOc1ccc(C(N)CC(C)C(C)(C)C)cc1. The smallest absolute Gasteiger partial charge is 0.119 e. The maximum absolute atomic E-state index is 6.28. The third-order valence-electron chi connectivity index (χ3n) is 3.71. The van der Waals surface area contributed by atoms with Gasteiger partial charge in [-0.05, 0) is 42.4 Å². The fraction of sp³-hybridized carbons (Fsp3) is 0.625. The Hall–Kier alpha value is -1.02. The first-order chi connectivity index (χ1) is 8.34. The van der Waals surface area contributed by atoms with Crippen LogP contribution in [-0.2, 0) is 0 Å². The van der Waals surface area contributed by atoms with Crippen LogP contribution in [-0.4, -0.2) is 6.61 Å². The molecule has 2 atom stereocenters. The summed E-state index contributed by atoms with van der Waals surface area (Å²) in [6.45, 7) is 11.8. The number of hydrogen-bond donors (Lipinski definition) is 1. The number of hydrogen-bond acceptors (Lipinski definition) is 2. The Balaban J connectivity index is 2.64. The van der Waals surface area contributed by atoms with E-state index in [1.807, 2.05) is 19.1 Å². The molecule has 18 heavy (non-hydrogen) atoms. The van der Waals surface area contributed by atoms with E-state index in [4.69, 9.17) is 10.5 Å². The average Bonchev–Trinajstić information content (AvgIpc) is 2.29. The average molecular weight is 249 g/mol. The molecule has 0 heterocycles. The van der Waals surface area contributed by atoms with Crippen LogP contribution >= 0.6 is 0 Å². The summed E-state index contributed by atoms with van der Waals surface area (Å²) in [5.41, 5.74) is 7.77. The highest BCUT2D eigenvalue weighted by molar-refractivity contribution is 5.29. The van der Waals surface area contributed by atoms with Crippen molar-refractivity contribution >= 4 is 0 Å². The number of nitrogens with two attached hydrogens (primary N) is 1. The molecule has 2 heteroatoms. The quantitative estimate of drug-likeness (QED) is 0.850. The number of rotatable bonds is 5. The van der Waals surface area contributed by atoms with Gasteiger partial charge in [0, 0.05) is 6.04 Å². The van der Waals surface area contributed by atoms with Gasteiger partial charge in [-0.2, -0.15) is 0 Å². The van der Waals surface area contributed by atoms with Crippen molar-refractivity contribution in [3.8, 4) is 5.75 Å². The summed E-state index contributed by atoms with van der Waals surface area (Å²) in [6, 6.07) is 8.26. The maximum Gasteiger partial charge on any atom is 0.119 e. The highest BCUT2D eigenvalue weighted by Gasteiger charge is 2.22. The highest BCUT2D eigenvalue weighted by Crippen LogP contribution is 2.32. The van der Waals surface area contributed by atoms with Crippen LogP contribution in [0.3, 0.4) is 0 Å². The van der Waals surface area contributed by atoms with Crippen LogP contribution in [0.25, 0.3) is 0 Å². The molecule has 0 amide bonds. The Labute approximate surface area is 112 Å². The Morgan fingerprint density at radius 3 is 2.17 bits per heavy atom. The molecule has 0 bridgehead atoms. The van der Waals surface area contributed by atoms with Crippen LogP contribution in [0.1, 0.15) is 52.6 Å². The van der Waals surface area contributed by atoms with E-state index in [-0.39, 0.29) is 6.04 Å². The molecule has 1 aromatic rings. The van der Waals surface area contributed by atoms with E-state index in [9.17, 15) is 0 Å². The van der Waals surface area contributed by atoms with E-state index in [0.29, 0.717) is 17.9 Å². The van der Waals surface area contributed by atoms with Crippen LogP contribution in [0.15, 0.2) is 24.3 Å². The van der Waals surface area contributed by atoms with E-state index in [0.717, 1.165) is 12.2 Å². The molecular formula is C16H27NO. The summed E-state index contributed by atoms with van der Waals surface area (Å²) in [7, 11) is 0. The second kappa shape index (κ2) is 6.24. The van der Waals surface area contributed by atoms with Gasteiger partial charge < -0.3 is 10.5 Å². The molecule has 0 saturated carbocycles. The third kappa shape index (κ3) is 4.34. The lowest BCUT2D eigenvalue weighted by atomic mass is 9.78. The molecule has 0 aliphatic rings. The van der Waals surface area contributed by atoms with Gasteiger partial charge >= 0.3 is 0 Å². The number of ether oxygens (including phenoxy) is 1. The van der Waals surface area contributed by atoms with Crippen molar-refractivity contribution in [1.82, 2.24) is 0 Å². The van der Waals surface area contributed by atoms with E-state index in [1.54, 1.807) is 0 Å². The van der Waals surface area contributed by atoms with Gasteiger partial charge in [0.15, 0.2) is 0 Å². The lowest BCUT2D eigenvalue weighted by molar-refractivity contribution is 0.234. The van der Waals surface area contributed by atoms with Crippen LogP contribution in [0, 0.1) is 11.3 Å². The predicted octanol–water partition coefficient (Wildman–Crippen LogP) is 4.16. The molecule has 0 aliphatic heterocycles. The van der Waals surface area contributed by atoms with Crippen LogP contribution in [0.5, 0.6) is 5.75 Å². The predicted molar refractivity (Wildman–Crippen MR) is 77.8 cm³/mol. The summed E-state index contributed by atoms with van der Waals surface area (Å²) >= 11 is 0. The summed E-state index contributed by atoms with van der Waals surface area (Å²) in [5, 5.41) is 0. The van der Waals surface area contributed by atoms with E-state index < -0.39 is 0 Å². The Morgan fingerprint density at radius 2 is 1.72 bits per heavy atom. The first-order valence-corrected chi connectivity index (χ1v) is 6.83. The monoisotopic (exact) mass is 249 g/mol. The largest absolute Gasteiger partial charge is 0.494 e. The molecule has 0 fully saturated rings. The molecule has 2 unspecified atom stereocenters. The zero-order chi connectivity index (χ0) is 13.8. The molecule has 0 saturated heterocycles. The maximum atomic E-state index is 6.28. The normalized spacial score (nSPS) is 15.2. The lowest BCUT2D eigenvalue weighted by Gasteiger charge is -2.29. The molecule has 102 valence electrons. The van der Waals surface area contributed by atoms with Gasteiger partial charge in [-0.3, -0.25) is 0 Å². The molecule has 2 nitrogen and oxygen atoms in total. The van der Waals surface area contributed by atoms with Crippen LogP contribution in [0.2, 0.25) is 0 Å². The molecule has 0 radical (unpaired) electrons. The molecule has 0 aromatic heterocycles. The molecule has 1 rings (SSSR count). The summed E-state index contributed by atoms with van der Waals surface area (Å²) in [4.78, 5) is 0. The first kappa shape index (κ1) is 15.0. The molecule has 0 spiro atoms. The van der Waals surface area contributed by atoms with Crippen molar-refractivity contribution in [3.63, 3.8) is 0 Å². The van der Waals surface area contributed by atoms with Crippen molar-refractivity contribution in [2.45, 2.75) is 47.1 Å². The Bertz CT molecular complexity index is 350. The molecular weight excluding hydrogens is 222 g/mol. The van der Waals surface area contributed by atoms with E-state index >= 15 is 0 Å². The minimum atomic E-state index is 0.106. The first-order valence-electron chi connectivity index (χ1n) is 6.83. The second-order valence-electron chi connectivity index (χ2n) is 6.11. The van der Waals surface area contributed by atoms with Gasteiger partial charge in [0.05, 0.1) is 6.61 Å². The summed E-state index contributed by atoms with van der Waals surface area (Å²) in [6.07, 6.45) is 1.01. The highest BCUT2D eigenvalue weighted by atomic mass is 16.5. The zero-order valence-electron chi connectivity index (χ0n) is 12.4. The van der Waals surface area contributed by atoms with Crippen molar-refractivity contribution in [3.05, 3.63) is 29.8 Å². The van der Waals surface area contributed by atoms with Crippen molar-refractivity contribution < 1.29 is 4.74 Å². The van der Waals surface area contributed by atoms with Crippen LogP contribution in [0.4, 0.5) is 0 Å². The standard InChI is InChI=1S/C16H27NO/c1-6-18-14-9-7-13(8-10-14)15(17)11-12(2)16(3,4)5/h7-10,12,15H,6,11,17H2,1-5H3.